The Bertz CT molecular complexity index is 293. The van der Waals surface area contributed by atoms with Gasteiger partial charge in [0.05, 0.1) is 0 Å². The number of amides is 1. The second-order valence-corrected chi connectivity index (χ2v) is 2.89. The quantitative estimate of drug-likeness (QED) is 0.704. The van der Waals surface area contributed by atoms with E-state index in [1.807, 2.05) is 13.0 Å². The van der Waals surface area contributed by atoms with E-state index in [9.17, 15) is 4.79 Å². The van der Waals surface area contributed by atoms with Crippen LogP contribution >= 0.6 is 0 Å². The number of rotatable bonds is 2. The molecule has 0 saturated carbocycles. The summed E-state index contributed by atoms with van der Waals surface area (Å²) in [6.45, 7) is 3.32. The van der Waals surface area contributed by atoms with Crippen molar-refractivity contribution in [2.24, 2.45) is 0 Å². The van der Waals surface area contributed by atoms with Crippen LogP contribution in [0.2, 0.25) is 0 Å². The molecule has 1 aromatic rings. The minimum atomic E-state index is -1.01. The molecule has 0 spiro atoms. The number of hydrogen-bond donors (Lipinski definition) is 2. The Morgan fingerprint density at radius 2 is 2.31 bits per heavy atom. The monoisotopic (exact) mass is 180 g/mol. The van der Waals surface area contributed by atoms with Crippen molar-refractivity contribution in [2.45, 2.75) is 20.0 Å². The van der Waals surface area contributed by atoms with E-state index in [-0.39, 0.29) is 0 Å². The molecule has 0 saturated heterocycles. The van der Waals surface area contributed by atoms with Crippen LogP contribution in [0.25, 0.3) is 0 Å². The van der Waals surface area contributed by atoms with E-state index in [0.29, 0.717) is 5.82 Å². The number of anilines is 1. The highest BCUT2D eigenvalue weighted by Crippen LogP contribution is 2.03. The summed E-state index contributed by atoms with van der Waals surface area (Å²) in [5.74, 6) is 0.00727. The van der Waals surface area contributed by atoms with E-state index in [0.717, 1.165) is 5.56 Å². The van der Waals surface area contributed by atoms with E-state index in [1.54, 1.807) is 12.3 Å². The van der Waals surface area contributed by atoms with Gasteiger partial charge in [-0.15, -0.1) is 0 Å². The number of carbonyl (C=O) groups excluding carboxylic acids is 1. The van der Waals surface area contributed by atoms with Gasteiger partial charge in [-0.25, -0.2) is 4.98 Å². The molecule has 0 bridgehead atoms. The van der Waals surface area contributed by atoms with Crippen molar-refractivity contribution in [1.82, 2.24) is 4.98 Å². The molecule has 1 amide bonds. The SMILES string of the molecule is Cc1ccc(NC(=O)[C@@H](C)O)nc1. The number of aryl methyl sites for hydroxylation is 1. The molecular formula is C9H12N2O2. The van der Waals surface area contributed by atoms with Crippen LogP contribution in [0.3, 0.4) is 0 Å². The number of hydrogen-bond acceptors (Lipinski definition) is 3. The first-order chi connectivity index (χ1) is 6.09. The Hall–Kier alpha value is -1.42. The van der Waals surface area contributed by atoms with Crippen LogP contribution in [0.4, 0.5) is 5.82 Å². The normalized spacial score (nSPS) is 12.2. The number of pyridine rings is 1. The predicted octanol–water partition coefficient (Wildman–Crippen LogP) is 0.709. The maximum Gasteiger partial charge on any atom is 0.254 e. The number of aliphatic hydroxyl groups excluding tert-OH is 1. The molecule has 1 atom stereocenters. The van der Waals surface area contributed by atoms with E-state index in [4.69, 9.17) is 5.11 Å². The highest BCUT2D eigenvalue weighted by molar-refractivity contribution is 5.92. The molecule has 4 heteroatoms. The molecule has 4 nitrogen and oxygen atoms in total. The summed E-state index contributed by atoms with van der Waals surface area (Å²) in [6.07, 6.45) is 0.639. The van der Waals surface area contributed by atoms with Crippen LogP contribution in [0.1, 0.15) is 12.5 Å². The van der Waals surface area contributed by atoms with Gasteiger partial charge in [-0.2, -0.15) is 0 Å². The minimum absolute atomic E-state index is 0.448. The fourth-order valence-electron chi connectivity index (χ4n) is 0.772. The van der Waals surface area contributed by atoms with E-state index < -0.39 is 12.0 Å². The van der Waals surface area contributed by atoms with Gasteiger partial charge in [-0.3, -0.25) is 4.79 Å². The summed E-state index contributed by atoms with van der Waals surface area (Å²) in [7, 11) is 0. The Morgan fingerprint density at radius 3 is 2.77 bits per heavy atom. The summed E-state index contributed by atoms with van der Waals surface area (Å²) >= 11 is 0. The summed E-state index contributed by atoms with van der Waals surface area (Å²) in [5, 5.41) is 11.4. The maximum atomic E-state index is 11.0. The molecular weight excluding hydrogens is 168 g/mol. The molecule has 0 fully saturated rings. The standard InChI is InChI=1S/C9H12N2O2/c1-6-3-4-8(10-5-6)11-9(13)7(2)12/h3-5,7,12H,1-2H3,(H,10,11,13)/t7-/m1/s1. The van der Waals surface area contributed by atoms with Crippen molar-refractivity contribution in [3.8, 4) is 0 Å². The van der Waals surface area contributed by atoms with Crippen LogP contribution in [0.5, 0.6) is 0 Å². The number of nitrogens with one attached hydrogen (secondary N) is 1. The fraction of sp³-hybridized carbons (Fsp3) is 0.333. The van der Waals surface area contributed by atoms with Gasteiger partial charge in [0.1, 0.15) is 11.9 Å². The Balaban J connectivity index is 2.65. The first kappa shape index (κ1) is 9.67. The van der Waals surface area contributed by atoms with Crippen LogP contribution in [-0.2, 0) is 4.79 Å². The third kappa shape index (κ3) is 2.83. The van der Waals surface area contributed by atoms with Crippen molar-refractivity contribution in [3.05, 3.63) is 23.9 Å². The number of carbonyl (C=O) groups is 1. The van der Waals surface area contributed by atoms with Gasteiger partial charge < -0.3 is 10.4 Å². The predicted molar refractivity (Wildman–Crippen MR) is 49.3 cm³/mol. The number of nitrogens with zero attached hydrogens (tertiary/aromatic N) is 1. The molecule has 0 radical (unpaired) electrons. The fourth-order valence-corrected chi connectivity index (χ4v) is 0.772. The Kier molecular flexibility index (Phi) is 2.97. The molecule has 0 aliphatic carbocycles. The zero-order chi connectivity index (χ0) is 9.84. The van der Waals surface area contributed by atoms with Crippen molar-refractivity contribution in [1.29, 1.82) is 0 Å². The third-order valence-electron chi connectivity index (χ3n) is 1.54. The molecule has 1 aromatic heterocycles. The molecule has 2 N–H and O–H groups in total. The molecule has 0 aromatic carbocycles. The highest BCUT2D eigenvalue weighted by Gasteiger charge is 2.08. The second kappa shape index (κ2) is 4.00. The smallest absolute Gasteiger partial charge is 0.254 e. The molecule has 70 valence electrons. The highest BCUT2D eigenvalue weighted by atomic mass is 16.3. The van der Waals surface area contributed by atoms with Crippen LogP contribution in [0, 0.1) is 6.92 Å². The molecule has 1 rings (SSSR count). The summed E-state index contributed by atoms with van der Waals surface area (Å²) in [5.41, 5.74) is 1.02. The van der Waals surface area contributed by atoms with Gasteiger partial charge in [-0.05, 0) is 25.5 Å². The van der Waals surface area contributed by atoms with Crippen LogP contribution in [-0.4, -0.2) is 22.1 Å². The van der Waals surface area contributed by atoms with Gasteiger partial charge in [0.15, 0.2) is 0 Å². The Labute approximate surface area is 76.6 Å². The van der Waals surface area contributed by atoms with Gasteiger partial charge in [0.2, 0.25) is 0 Å². The average molecular weight is 180 g/mol. The van der Waals surface area contributed by atoms with E-state index in [2.05, 4.69) is 10.3 Å². The minimum Gasteiger partial charge on any atom is -0.384 e. The summed E-state index contributed by atoms with van der Waals surface area (Å²) < 4.78 is 0. The summed E-state index contributed by atoms with van der Waals surface area (Å²) in [6, 6.07) is 3.53. The molecule has 13 heavy (non-hydrogen) atoms. The van der Waals surface area contributed by atoms with Crippen molar-refractivity contribution in [2.75, 3.05) is 5.32 Å². The van der Waals surface area contributed by atoms with E-state index >= 15 is 0 Å². The third-order valence-corrected chi connectivity index (χ3v) is 1.54. The van der Waals surface area contributed by atoms with Gasteiger partial charge in [0.25, 0.3) is 5.91 Å². The number of aliphatic hydroxyl groups is 1. The first-order valence-corrected chi connectivity index (χ1v) is 4.01. The average Bonchev–Trinajstić information content (AvgIpc) is 2.08. The topological polar surface area (TPSA) is 62.2 Å². The lowest BCUT2D eigenvalue weighted by atomic mass is 10.3. The number of aromatic nitrogens is 1. The van der Waals surface area contributed by atoms with Gasteiger partial charge in [0, 0.05) is 6.20 Å². The molecule has 0 aliphatic rings. The molecule has 1 heterocycles. The van der Waals surface area contributed by atoms with Crippen molar-refractivity contribution >= 4 is 11.7 Å². The van der Waals surface area contributed by atoms with Gasteiger partial charge in [-0.1, -0.05) is 6.07 Å². The van der Waals surface area contributed by atoms with Crippen molar-refractivity contribution < 1.29 is 9.90 Å². The maximum absolute atomic E-state index is 11.0. The van der Waals surface area contributed by atoms with E-state index in [1.165, 1.54) is 6.92 Å². The molecule has 0 unspecified atom stereocenters. The zero-order valence-electron chi connectivity index (χ0n) is 7.61. The first-order valence-electron chi connectivity index (χ1n) is 4.01. The zero-order valence-corrected chi connectivity index (χ0v) is 7.61. The summed E-state index contributed by atoms with van der Waals surface area (Å²) in [4.78, 5) is 15.0. The molecule has 0 aliphatic heterocycles. The largest absolute Gasteiger partial charge is 0.384 e. The lowest BCUT2D eigenvalue weighted by molar-refractivity contribution is -0.123. The lowest BCUT2D eigenvalue weighted by Crippen LogP contribution is -2.24. The lowest BCUT2D eigenvalue weighted by Gasteiger charge is -2.05. The second-order valence-electron chi connectivity index (χ2n) is 2.89. The van der Waals surface area contributed by atoms with Gasteiger partial charge >= 0.3 is 0 Å². The van der Waals surface area contributed by atoms with Crippen LogP contribution < -0.4 is 5.32 Å². The Morgan fingerprint density at radius 1 is 1.62 bits per heavy atom. The van der Waals surface area contributed by atoms with Crippen LogP contribution in [0.15, 0.2) is 18.3 Å². The van der Waals surface area contributed by atoms with Crippen molar-refractivity contribution in [3.63, 3.8) is 0 Å².